The van der Waals surface area contributed by atoms with Gasteiger partial charge in [-0.15, -0.1) is 0 Å². The minimum Gasteiger partial charge on any atom is -0.364 e. The molecule has 2 rings (SSSR count). The topological polar surface area (TPSA) is 46.3 Å². The summed E-state index contributed by atoms with van der Waals surface area (Å²) in [5.74, 6) is -0.795. The Morgan fingerprint density at radius 3 is 2.95 bits per heavy atom. The van der Waals surface area contributed by atoms with Crippen molar-refractivity contribution in [2.24, 2.45) is 5.92 Å². The van der Waals surface area contributed by atoms with Gasteiger partial charge in [0.25, 0.3) is 5.91 Å². The molecule has 1 aromatic heterocycles. The quantitative estimate of drug-likeness (QED) is 0.852. The van der Waals surface area contributed by atoms with Gasteiger partial charge < -0.3 is 9.42 Å². The second kappa shape index (κ2) is 5.22. The number of likely N-dealkylation sites (tertiary alicyclic amines) is 1. The Hall–Kier alpha value is -1.53. The van der Waals surface area contributed by atoms with Gasteiger partial charge in [0.2, 0.25) is 0 Å². The fourth-order valence-corrected chi connectivity index (χ4v) is 2.37. The molecule has 0 bridgehead atoms. The highest BCUT2D eigenvalue weighted by molar-refractivity contribution is 5.95. The number of hydrogen-bond donors (Lipinski definition) is 0. The fraction of sp³-hybridized carbons (Fsp3) is 0.667. The van der Waals surface area contributed by atoms with Crippen molar-refractivity contribution in [1.29, 1.82) is 0 Å². The van der Waals surface area contributed by atoms with Crippen LogP contribution < -0.4 is 0 Å². The summed E-state index contributed by atoms with van der Waals surface area (Å²) >= 11 is 0. The van der Waals surface area contributed by atoms with E-state index in [1.54, 1.807) is 0 Å². The maximum absolute atomic E-state index is 12.3. The maximum atomic E-state index is 12.3. The molecule has 0 radical (unpaired) electrons. The second-order valence-electron chi connectivity index (χ2n) is 4.75. The lowest BCUT2D eigenvalue weighted by Crippen LogP contribution is -2.29. The molecule has 7 heteroatoms. The van der Waals surface area contributed by atoms with Crippen molar-refractivity contribution in [1.82, 2.24) is 10.1 Å². The molecule has 19 heavy (non-hydrogen) atoms. The summed E-state index contributed by atoms with van der Waals surface area (Å²) in [5, 5.41) is 3.70. The molecule has 0 N–H and O–H groups in total. The van der Waals surface area contributed by atoms with Gasteiger partial charge in [0, 0.05) is 19.5 Å². The van der Waals surface area contributed by atoms with Crippen LogP contribution in [0.25, 0.3) is 0 Å². The van der Waals surface area contributed by atoms with Crippen LogP contribution in [0.4, 0.5) is 13.2 Å². The highest BCUT2D eigenvalue weighted by Crippen LogP contribution is 2.31. The lowest BCUT2D eigenvalue weighted by molar-refractivity contribution is -0.143. The Morgan fingerprint density at radius 1 is 1.58 bits per heavy atom. The average molecular weight is 276 g/mol. The van der Waals surface area contributed by atoms with Gasteiger partial charge >= 0.3 is 6.18 Å². The van der Waals surface area contributed by atoms with Gasteiger partial charge in [0.1, 0.15) is 11.8 Å². The van der Waals surface area contributed by atoms with Crippen molar-refractivity contribution in [3.05, 3.63) is 17.5 Å². The largest absolute Gasteiger partial charge is 0.389 e. The molecule has 1 atom stereocenters. The van der Waals surface area contributed by atoms with E-state index in [2.05, 4.69) is 5.16 Å². The van der Waals surface area contributed by atoms with E-state index in [0.717, 1.165) is 0 Å². The van der Waals surface area contributed by atoms with Gasteiger partial charge in [-0.2, -0.15) is 13.2 Å². The van der Waals surface area contributed by atoms with Crippen LogP contribution in [0.5, 0.6) is 0 Å². The van der Waals surface area contributed by atoms with Gasteiger partial charge in [0.05, 0.1) is 5.69 Å². The first-order chi connectivity index (χ1) is 8.90. The van der Waals surface area contributed by atoms with E-state index in [4.69, 9.17) is 4.52 Å². The molecule has 2 heterocycles. The Morgan fingerprint density at radius 2 is 2.32 bits per heavy atom. The summed E-state index contributed by atoms with van der Waals surface area (Å²) in [5.41, 5.74) is 0.902. The number of rotatable bonds is 3. The van der Waals surface area contributed by atoms with Crippen LogP contribution in [0, 0.1) is 5.92 Å². The molecular weight excluding hydrogens is 261 g/mol. The normalized spacial score (nSPS) is 20.0. The number of aryl methyl sites for hydroxylation is 1. The van der Waals surface area contributed by atoms with Gasteiger partial charge in [0.15, 0.2) is 0 Å². The number of amides is 1. The molecule has 106 valence electrons. The standard InChI is InChI=1S/C12H15F3N2O2/c1-2-10-9(7-19-16-10)11(18)17-4-3-8(6-17)5-12(13,14)15/h7-8H,2-6H2,1H3. The minimum absolute atomic E-state index is 0.146. The van der Waals surface area contributed by atoms with E-state index in [-0.39, 0.29) is 12.5 Å². The summed E-state index contributed by atoms with van der Waals surface area (Å²) in [6.07, 6.45) is -2.80. The number of carbonyl (C=O) groups is 1. The van der Waals surface area contributed by atoms with Gasteiger partial charge in [-0.05, 0) is 18.8 Å². The minimum atomic E-state index is -4.17. The summed E-state index contributed by atoms with van der Waals surface area (Å²) in [6, 6.07) is 0. The van der Waals surface area contributed by atoms with Gasteiger partial charge in [-0.25, -0.2) is 0 Å². The Balaban J connectivity index is 1.99. The molecule has 1 aromatic rings. The van der Waals surface area contributed by atoms with Gasteiger partial charge in [-0.1, -0.05) is 12.1 Å². The number of hydrogen-bond acceptors (Lipinski definition) is 3. The van der Waals surface area contributed by atoms with E-state index in [0.29, 0.717) is 30.6 Å². The third-order valence-electron chi connectivity index (χ3n) is 3.30. The molecule has 1 amide bonds. The van der Waals surface area contributed by atoms with E-state index in [9.17, 15) is 18.0 Å². The molecule has 1 aliphatic rings. The number of halogens is 3. The summed E-state index contributed by atoms with van der Waals surface area (Å²) in [6.45, 7) is 2.34. The molecule has 0 aliphatic carbocycles. The molecule has 4 nitrogen and oxygen atoms in total. The van der Waals surface area contributed by atoms with Crippen LogP contribution in [-0.2, 0) is 6.42 Å². The van der Waals surface area contributed by atoms with Crippen LogP contribution in [0.3, 0.4) is 0 Å². The molecule has 0 spiro atoms. The monoisotopic (exact) mass is 276 g/mol. The first kappa shape index (κ1) is 13.9. The fourth-order valence-electron chi connectivity index (χ4n) is 2.37. The highest BCUT2D eigenvalue weighted by atomic mass is 19.4. The van der Waals surface area contributed by atoms with E-state index in [1.165, 1.54) is 11.2 Å². The van der Waals surface area contributed by atoms with Crippen molar-refractivity contribution in [2.45, 2.75) is 32.4 Å². The Bertz CT molecular complexity index is 456. The van der Waals surface area contributed by atoms with Crippen LogP contribution in [-0.4, -0.2) is 35.2 Å². The van der Waals surface area contributed by atoms with Crippen LogP contribution in [0.2, 0.25) is 0 Å². The molecule has 1 fully saturated rings. The lowest BCUT2D eigenvalue weighted by atomic mass is 10.1. The van der Waals surface area contributed by atoms with Crippen molar-refractivity contribution in [2.75, 3.05) is 13.1 Å². The number of carbonyl (C=O) groups excluding carboxylic acids is 1. The third-order valence-corrected chi connectivity index (χ3v) is 3.30. The number of alkyl halides is 3. The summed E-state index contributed by atoms with van der Waals surface area (Å²) < 4.78 is 41.6. The van der Waals surface area contributed by atoms with E-state index in [1.807, 2.05) is 6.92 Å². The predicted octanol–water partition coefficient (Wildman–Crippen LogP) is 2.65. The number of nitrogens with zero attached hydrogens (tertiary/aromatic N) is 2. The zero-order valence-corrected chi connectivity index (χ0v) is 10.5. The Labute approximate surface area is 108 Å². The van der Waals surface area contributed by atoms with E-state index >= 15 is 0 Å². The van der Waals surface area contributed by atoms with Crippen molar-refractivity contribution >= 4 is 5.91 Å². The summed E-state index contributed by atoms with van der Waals surface area (Å²) in [4.78, 5) is 13.6. The number of aromatic nitrogens is 1. The Kier molecular flexibility index (Phi) is 3.82. The van der Waals surface area contributed by atoms with E-state index < -0.39 is 18.5 Å². The zero-order chi connectivity index (χ0) is 14.0. The first-order valence-corrected chi connectivity index (χ1v) is 6.20. The van der Waals surface area contributed by atoms with Crippen LogP contribution >= 0.6 is 0 Å². The van der Waals surface area contributed by atoms with Crippen molar-refractivity contribution < 1.29 is 22.5 Å². The van der Waals surface area contributed by atoms with Crippen LogP contribution in [0.1, 0.15) is 35.8 Å². The molecule has 1 saturated heterocycles. The maximum Gasteiger partial charge on any atom is 0.389 e. The molecule has 1 aliphatic heterocycles. The highest BCUT2D eigenvalue weighted by Gasteiger charge is 2.37. The lowest BCUT2D eigenvalue weighted by Gasteiger charge is -2.16. The average Bonchev–Trinajstić information content (AvgIpc) is 2.93. The van der Waals surface area contributed by atoms with Crippen molar-refractivity contribution in [3.63, 3.8) is 0 Å². The smallest absolute Gasteiger partial charge is 0.364 e. The molecule has 0 saturated carbocycles. The molecule has 1 unspecified atom stereocenters. The molecular formula is C12H15F3N2O2. The van der Waals surface area contributed by atoms with Gasteiger partial charge in [-0.3, -0.25) is 4.79 Å². The SMILES string of the molecule is CCc1nocc1C(=O)N1CCC(CC(F)(F)F)C1. The van der Waals surface area contributed by atoms with Crippen LogP contribution in [0.15, 0.2) is 10.8 Å². The summed E-state index contributed by atoms with van der Waals surface area (Å²) in [7, 11) is 0. The third kappa shape index (κ3) is 3.27. The first-order valence-electron chi connectivity index (χ1n) is 6.20. The zero-order valence-electron chi connectivity index (χ0n) is 10.5. The molecule has 0 aromatic carbocycles. The van der Waals surface area contributed by atoms with Crippen molar-refractivity contribution in [3.8, 4) is 0 Å². The second-order valence-corrected chi connectivity index (χ2v) is 4.75. The predicted molar refractivity (Wildman–Crippen MR) is 60.6 cm³/mol.